The van der Waals surface area contributed by atoms with Crippen molar-refractivity contribution in [2.45, 2.75) is 12.5 Å². The molecule has 0 aliphatic heterocycles. The van der Waals surface area contributed by atoms with Crippen molar-refractivity contribution in [2.75, 3.05) is 20.8 Å². The lowest BCUT2D eigenvalue weighted by Crippen LogP contribution is -2.32. The van der Waals surface area contributed by atoms with E-state index in [0.29, 0.717) is 12.3 Å². The third-order valence-electron chi connectivity index (χ3n) is 2.60. The van der Waals surface area contributed by atoms with Crippen LogP contribution in [0, 0.1) is 0 Å². The first-order valence-electron chi connectivity index (χ1n) is 5.32. The molecule has 92 valence electrons. The molecule has 7 heteroatoms. The molecule has 0 saturated carbocycles. The minimum absolute atomic E-state index is 0.195. The molecule has 0 spiro atoms. The number of rotatable bonds is 5. The van der Waals surface area contributed by atoms with Gasteiger partial charge in [0.15, 0.2) is 5.65 Å². The number of ether oxygens (including phenoxy) is 1. The molecule has 2 aromatic heterocycles. The Labute approximate surface area is 97.8 Å². The third kappa shape index (κ3) is 2.51. The SMILES string of the molecule is CNC(COC)Cc1cc2n[nH]c(=O)n2cn1. The number of aromatic nitrogens is 4. The lowest BCUT2D eigenvalue weighted by atomic mass is 10.1. The molecule has 2 rings (SSSR count). The molecule has 7 nitrogen and oxygen atoms in total. The van der Waals surface area contributed by atoms with E-state index >= 15 is 0 Å². The second kappa shape index (κ2) is 5.07. The smallest absolute Gasteiger partial charge is 0.348 e. The quantitative estimate of drug-likeness (QED) is 0.711. The van der Waals surface area contributed by atoms with Gasteiger partial charge in [0.05, 0.1) is 6.61 Å². The van der Waals surface area contributed by atoms with E-state index in [1.54, 1.807) is 13.2 Å². The Morgan fingerprint density at radius 1 is 1.65 bits per heavy atom. The van der Waals surface area contributed by atoms with Gasteiger partial charge in [-0.1, -0.05) is 0 Å². The Kier molecular flexibility index (Phi) is 3.50. The topological polar surface area (TPSA) is 84.3 Å². The van der Waals surface area contributed by atoms with Gasteiger partial charge in [-0.25, -0.2) is 19.3 Å². The molecule has 0 amide bonds. The monoisotopic (exact) mass is 237 g/mol. The van der Waals surface area contributed by atoms with Gasteiger partial charge in [0, 0.05) is 31.3 Å². The average Bonchev–Trinajstić information content (AvgIpc) is 2.70. The van der Waals surface area contributed by atoms with E-state index in [9.17, 15) is 4.79 Å². The maximum absolute atomic E-state index is 11.2. The van der Waals surface area contributed by atoms with Crippen molar-refractivity contribution >= 4 is 5.65 Å². The van der Waals surface area contributed by atoms with Gasteiger partial charge in [0.1, 0.15) is 6.33 Å². The van der Waals surface area contributed by atoms with Crippen LogP contribution in [-0.2, 0) is 11.2 Å². The van der Waals surface area contributed by atoms with Crippen molar-refractivity contribution in [3.8, 4) is 0 Å². The van der Waals surface area contributed by atoms with E-state index in [1.807, 2.05) is 7.05 Å². The summed E-state index contributed by atoms with van der Waals surface area (Å²) < 4.78 is 6.46. The lowest BCUT2D eigenvalue weighted by molar-refractivity contribution is 0.169. The van der Waals surface area contributed by atoms with E-state index in [-0.39, 0.29) is 11.7 Å². The minimum atomic E-state index is -0.277. The standard InChI is InChI=1S/C10H15N5O2/c1-11-8(5-17-2)3-7-4-9-13-14-10(16)15(9)6-12-7/h4,6,8,11H,3,5H2,1-2H3,(H,14,16). The first-order valence-corrected chi connectivity index (χ1v) is 5.32. The van der Waals surface area contributed by atoms with E-state index in [2.05, 4.69) is 20.5 Å². The van der Waals surface area contributed by atoms with Crippen LogP contribution in [0.4, 0.5) is 0 Å². The van der Waals surface area contributed by atoms with Gasteiger partial charge in [-0.2, -0.15) is 5.10 Å². The zero-order valence-electron chi connectivity index (χ0n) is 9.80. The normalized spacial score (nSPS) is 13.1. The summed E-state index contributed by atoms with van der Waals surface area (Å²) in [6.45, 7) is 0.608. The summed E-state index contributed by atoms with van der Waals surface area (Å²) in [4.78, 5) is 15.5. The number of nitrogens with one attached hydrogen (secondary N) is 2. The van der Waals surface area contributed by atoms with Crippen LogP contribution in [0.15, 0.2) is 17.2 Å². The summed E-state index contributed by atoms with van der Waals surface area (Å²) >= 11 is 0. The Hall–Kier alpha value is -1.73. The third-order valence-corrected chi connectivity index (χ3v) is 2.60. The van der Waals surface area contributed by atoms with Gasteiger partial charge in [-0.15, -0.1) is 0 Å². The molecule has 2 heterocycles. The van der Waals surface area contributed by atoms with Gasteiger partial charge in [0.2, 0.25) is 0 Å². The van der Waals surface area contributed by atoms with Crippen LogP contribution >= 0.6 is 0 Å². The molecule has 1 atom stereocenters. The maximum atomic E-state index is 11.2. The molecule has 0 bridgehead atoms. The van der Waals surface area contributed by atoms with Crippen LogP contribution < -0.4 is 11.0 Å². The molecule has 0 aliphatic rings. The summed E-state index contributed by atoms with van der Waals surface area (Å²) in [5.74, 6) is 0. The molecule has 2 N–H and O–H groups in total. The Morgan fingerprint density at radius 2 is 2.47 bits per heavy atom. The lowest BCUT2D eigenvalue weighted by Gasteiger charge is -2.14. The largest absolute Gasteiger partial charge is 0.383 e. The molecule has 17 heavy (non-hydrogen) atoms. The molecule has 0 aliphatic carbocycles. The van der Waals surface area contributed by atoms with Gasteiger partial charge < -0.3 is 10.1 Å². The van der Waals surface area contributed by atoms with Gasteiger partial charge in [-0.05, 0) is 7.05 Å². The average molecular weight is 237 g/mol. The van der Waals surface area contributed by atoms with Crippen molar-refractivity contribution < 1.29 is 4.74 Å². The highest BCUT2D eigenvalue weighted by atomic mass is 16.5. The Bertz CT molecular complexity index is 547. The van der Waals surface area contributed by atoms with E-state index in [0.717, 1.165) is 12.1 Å². The van der Waals surface area contributed by atoms with Crippen LogP contribution in [0.2, 0.25) is 0 Å². The van der Waals surface area contributed by atoms with Crippen LogP contribution in [0.5, 0.6) is 0 Å². The predicted octanol–water partition coefficient (Wildman–Crippen LogP) is -0.806. The zero-order chi connectivity index (χ0) is 12.3. The summed E-state index contributed by atoms with van der Waals surface area (Å²) in [6, 6.07) is 1.98. The molecule has 0 radical (unpaired) electrons. The molecular formula is C10H15N5O2. The summed E-state index contributed by atoms with van der Waals surface area (Å²) in [7, 11) is 3.54. The highest BCUT2D eigenvalue weighted by molar-refractivity contribution is 5.36. The maximum Gasteiger partial charge on any atom is 0.348 e. The van der Waals surface area contributed by atoms with Crippen molar-refractivity contribution in [2.24, 2.45) is 0 Å². The van der Waals surface area contributed by atoms with Gasteiger partial charge in [0.25, 0.3) is 0 Å². The van der Waals surface area contributed by atoms with Crippen molar-refractivity contribution in [1.82, 2.24) is 24.9 Å². The van der Waals surface area contributed by atoms with E-state index in [4.69, 9.17) is 4.74 Å². The molecule has 0 saturated heterocycles. The second-order valence-electron chi connectivity index (χ2n) is 3.78. The summed E-state index contributed by atoms with van der Waals surface area (Å²) in [5.41, 5.74) is 1.17. The van der Waals surface area contributed by atoms with E-state index < -0.39 is 0 Å². The number of aromatic amines is 1. The Morgan fingerprint density at radius 3 is 3.18 bits per heavy atom. The molecule has 2 aromatic rings. The van der Waals surface area contributed by atoms with Crippen molar-refractivity contribution in [3.05, 3.63) is 28.6 Å². The molecule has 0 aromatic carbocycles. The van der Waals surface area contributed by atoms with Crippen LogP contribution in [-0.4, -0.2) is 46.4 Å². The minimum Gasteiger partial charge on any atom is -0.383 e. The highest BCUT2D eigenvalue weighted by Gasteiger charge is 2.09. The molecule has 1 unspecified atom stereocenters. The number of fused-ring (bicyclic) bond motifs is 1. The number of hydrogen-bond donors (Lipinski definition) is 2. The number of nitrogens with zero attached hydrogens (tertiary/aromatic N) is 3. The van der Waals surface area contributed by atoms with E-state index in [1.165, 1.54) is 10.7 Å². The first-order chi connectivity index (χ1) is 8.24. The first kappa shape index (κ1) is 11.7. The van der Waals surface area contributed by atoms with Gasteiger partial charge in [-0.3, -0.25) is 0 Å². The highest BCUT2D eigenvalue weighted by Crippen LogP contribution is 2.02. The fourth-order valence-electron chi connectivity index (χ4n) is 1.66. The molecular weight excluding hydrogens is 222 g/mol. The fraction of sp³-hybridized carbons (Fsp3) is 0.500. The second-order valence-corrected chi connectivity index (χ2v) is 3.78. The van der Waals surface area contributed by atoms with Crippen LogP contribution in [0.3, 0.4) is 0 Å². The fourth-order valence-corrected chi connectivity index (χ4v) is 1.66. The van der Waals surface area contributed by atoms with Crippen molar-refractivity contribution in [3.63, 3.8) is 0 Å². The van der Waals surface area contributed by atoms with Crippen LogP contribution in [0.1, 0.15) is 5.69 Å². The predicted molar refractivity (Wildman–Crippen MR) is 62.0 cm³/mol. The van der Waals surface area contributed by atoms with Crippen LogP contribution in [0.25, 0.3) is 5.65 Å². The number of hydrogen-bond acceptors (Lipinski definition) is 5. The number of H-pyrrole nitrogens is 1. The van der Waals surface area contributed by atoms with Gasteiger partial charge >= 0.3 is 5.69 Å². The summed E-state index contributed by atoms with van der Waals surface area (Å²) in [5, 5.41) is 9.41. The summed E-state index contributed by atoms with van der Waals surface area (Å²) in [6.07, 6.45) is 2.21. The van der Waals surface area contributed by atoms with Crippen molar-refractivity contribution in [1.29, 1.82) is 0 Å². The molecule has 0 fully saturated rings. The number of methoxy groups -OCH3 is 1. The number of likely N-dealkylation sites (N-methyl/N-ethyl adjacent to an activating group) is 1. The zero-order valence-corrected chi connectivity index (χ0v) is 9.80. The Balaban J connectivity index is 2.21.